The molecule has 3 aromatic rings. The number of carboxylic acid groups (broad SMARTS) is 1. The number of sulfone groups is 1. The van der Waals surface area contributed by atoms with Crippen LogP contribution in [0.1, 0.15) is 56.9 Å². The zero-order chi connectivity index (χ0) is 31.1. The Kier molecular flexibility index (Phi) is 10.5. The van der Waals surface area contributed by atoms with Crippen molar-refractivity contribution in [3.63, 3.8) is 0 Å². The largest absolute Gasteiger partial charge is 0.481 e. The Hall–Kier alpha value is -3.45. The second-order valence-corrected chi connectivity index (χ2v) is 13.7. The van der Waals surface area contributed by atoms with Crippen LogP contribution in [-0.4, -0.2) is 61.1 Å². The number of carboxylic acids is 1. The van der Waals surface area contributed by atoms with Gasteiger partial charge >= 0.3 is 5.97 Å². The van der Waals surface area contributed by atoms with E-state index in [9.17, 15) is 27.9 Å². The molecule has 2 aromatic carbocycles. The monoisotopic (exact) mass is 626 g/mol. The summed E-state index contributed by atoms with van der Waals surface area (Å²) in [6.07, 6.45) is 0.647. The van der Waals surface area contributed by atoms with Gasteiger partial charge in [-0.2, -0.15) is 0 Å². The number of aliphatic carboxylic acids is 1. The number of nitrogens with zero attached hydrogens (tertiary/aromatic N) is 1. The topological polar surface area (TPSA) is 155 Å². The lowest BCUT2D eigenvalue weighted by molar-refractivity contribution is -0.150. The average Bonchev–Trinajstić information content (AvgIpc) is 3.57. The van der Waals surface area contributed by atoms with Gasteiger partial charge in [0.1, 0.15) is 0 Å². The van der Waals surface area contributed by atoms with Gasteiger partial charge in [-0.05, 0) is 49.8 Å². The molecule has 1 aliphatic heterocycles. The third-order valence-corrected chi connectivity index (χ3v) is 11.0. The molecule has 0 aliphatic carbocycles. The van der Waals surface area contributed by atoms with E-state index in [4.69, 9.17) is 0 Å². The number of likely N-dealkylation sites (N-methyl/N-ethyl adjacent to an activating group) is 1. The smallest absolute Gasteiger partial charge is 0.309 e. The molecule has 43 heavy (non-hydrogen) atoms. The van der Waals surface area contributed by atoms with Gasteiger partial charge in [0.15, 0.2) is 21.2 Å². The van der Waals surface area contributed by atoms with Gasteiger partial charge in [-0.1, -0.05) is 49.4 Å². The summed E-state index contributed by atoms with van der Waals surface area (Å²) in [7, 11) is -2.12. The molecule has 1 aliphatic rings. The van der Waals surface area contributed by atoms with Gasteiger partial charge < -0.3 is 10.4 Å². The molecule has 1 amide bonds. The predicted octanol–water partition coefficient (Wildman–Crippen LogP) is 3.96. The summed E-state index contributed by atoms with van der Waals surface area (Å²) in [6.45, 7) is 2.23. The number of thiazole rings is 1. The normalized spacial score (nSPS) is 20.2. The summed E-state index contributed by atoms with van der Waals surface area (Å²) in [5.74, 6) is -2.81. The van der Waals surface area contributed by atoms with Crippen molar-refractivity contribution < 1.29 is 27.9 Å². The van der Waals surface area contributed by atoms with Crippen LogP contribution in [0.5, 0.6) is 0 Å². The van der Waals surface area contributed by atoms with E-state index in [-0.39, 0.29) is 42.8 Å². The van der Waals surface area contributed by atoms with Crippen molar-refractivity contribution in [2.45, 2.75) is 61.8 Å². The number of aromatic nitrogens is 1. The Morgan fingerprint density at radius 2 is 1.84 bits per heavy atom. The molecule has 3 atom stereocenters. The van der Waals surface area contributed by atoms with Gasteiger partial charge in [-0.3, -0.25) is 19.8 Å². The van der Waals surface area contributed by atoms with Gasteiger partial charge in [0.05, 0.1) is 27.3 Å². The average molecular weight is 627 g/mol. The molecule has 1 saturated heterocycles. The summed E-state index contributed by atoms with van der Waals surface area (Å²) in [5.41, 5.74) is 7.08. The summed E-state index contributed by atoms with van der Waals surface area (Å²) < 4.78 is 25.6. The van der Waals surface area contributed by atoms with Gasteiger partial charge in [-0.25, -0.2) is 18.8 Å². The second kappa shape index (κ2) is 13.9. The van der Waals surface area contributed by atoms with Gasteiger partial charge in [0.25, 0.3) is 0 Å². The van der Waals surface area contributed by atoms with Crippen LogP contribution in [0.15, 0.2) is 70.4 Å². The maximum Gasteiger partial charge on any atom is 0.309 e. The first-order valence-electron chi connectivity index (χ1n) is 14.4. The Bertz CT molecular complexity index is 1530. The van der Waals surface area contributed by atoms with Crippen LogP contribution in [0.2, 0.25) is 0 Å². The summed E-state index contributed by atoms with van der Waals surface area (Å²) in [5, 5.41) is 14.9. The number of amides is 1. The maximum absolute atomic E-state index is 14.2. The fourth-order valence-corrected chi connectivity index (χ4v) is 7.92. The van der Waals surface area contributed by atoms with Crippen molar-refractivity contribution in [3.05, 3.63) is 71.1 Å². The quantitative estimate of drug-likeness (QED) is 0.195. The first-order chi connectivity index (χ1) is 20.6. The van der Waals surface area contributed by atoms with Crippen LogP contribution in [0.25, 0.3) is 11.3 Å². The first-order valence-corrected chi connectivity index (χ1v) is 16.9. The third-order valence-electron chi connectivity index (χ3n) is 8.57. The number of hydrogen-bond donors (Lipinski definition) is 4. The van der Waals surface area contributed by atoms with E-state index in [1.54, 1.807) is 30.6 Å². The van der Waals surface area contributed by atoms with Crippen molar-refractivity contribution in [2.24, 2.45) is 5.41 Å². The molecule has 2 heterocycles. The van der Waals surface area contributed by atoms with Gasteiger partial charge in [-0.15, -0.1) is 11.3 Å². The van der Waals surface area contributed by atoms with E-state index in [2.05, 4.69) is 21.2 Å². The minimum atomic E-state index is -3.59. The van der Waals surface area contributed by atoms with Crippen LogP contribution >= 0.6 is 11.3 Å². The van der Waals surface area contributed by atoms with E-state index >= 15 is 0 Å². The molecule has 230 valence electrons. The Morgan fingerprint density at radius 3 is 2.49 bits per heavy atom. The Morgan fingerprint density at radius 1 is 1.12 bits per heavy atom. The zero-order valence-electron chi connectivity index (χ0n) is 24.3. The molecular formula is C31H38N4O6S2. The first kappa shape index (κ1) is 32.5. The molecule has 4 rings (SSSR count). The molecule has 4 N–H and O–H groups in total. The lowest BCUT2D eigenvalue weighted by Gasteiger charge is -2.43. The number of nitrogens with one attached hydrogen (secondary N) is 3. The Labute approximate surface area is 256 Å². The highest BCUT2D eigenvalue weighted by atomic mass is 32.2. The number of ketones is 1. The number of benzene rings is 2. The molecule has 0 radical (unpaired) electrons. The standard InChI is InChI=1S/C31H38N4O6S2/c1-3-30(29(38)39,16-9-19-43(40,41)22-10-5-4-6-11-22)17-14-27(36)31(28(37)32-2)25(15-18-34-35-31)23-12-7-8-13-24(23)26-20-42-21-33-26/h4-8,10-13,20-21,25,34-35H,3,9,14-19H2,1-2H3,(H,32,37)(H,38,39)/t25-,30?,31-/m0/s1. The number of hydrazine groups is 1. The number of rotatable bonds is 14. The molecule has 12 heteroatoms. The Balaban J connectivity index is 1.60. The molecule has 0 spiro atoms. The highest BCUT2D eigenvalue weighted by molar-refractivity contribution is 7.91. The molecule has 1 unspecified atom stereocenters. The van der Waals surface area contributed by atoms with Crippen LogP contribution in [-0.2, 0) is 24.2 Å². The number of hydrogen-bond acceptors (Lipinski definition) is 9. The van der Waals surface area contributed by atoms with Gasteiger partial charge in [0, 0.05) is 36.9 Å². The van der Waals surface area contributed by atoms with Crippen molar-refractivity contribution in [1.29, 1.82) is 0 Å². The van der Waals surface area contributed by atoms with Crippen LogP contribution in [0.3, 0.4) is 0 Å². The number of Topliss-reactive ketones (excluding diaryl/α,β-unsaturated/α-hetero) is 1. The summed E-state index contributed by atoms with van der Waals surface area (Å²) >= 11 is 1.45. The minimum absolute atomic E-state index is 0.0378. The van der Waals surface area contributed by atoms with Crippen molar-refractivity contribution in [1.82, 2.24) is 21.2 Å². The van der Waals surface area contributed by atoms with Gasteiger partial charge in [0.2, 0.25) is 5.91 Å². The van der Waals surface area contributed by atoms with E-state index in [1.807, 2.05) is 29.6 Å². The van der Waals surface area contributed by atoms with E-state index < -0.39 is 44.4 Å². The number of carbonyl (C=O) groups is 3. The fourth-order valence-electron chi connectivity index (χ4n) is 6.03. The molecule has 0 bridgehead atoms. The highest BCUT2D eigenvalue weighted by Gasteiger charge is 2.54. The number of carbonyl (C=O) groups excluding carboxylic acids is 2. The lowest BCUT2D eigenvalue weighted by Crippen LogP contribution is -2.71. The minimum Gasteiger partial charge on any atom is -0.481 e. The fraction of sp³-hybridized carbons (Fsp3) is 0.419. The predicted molar refractivity (Wildman–Crippen MR) is 165 cm³/mol. The molecule has 10 nitrogen and oxygen atoms in total. The van der Waals surface area contributed by atoms with Crippen molar-refractivity contribution >= 4 is 38.8 Å². The molecule has 1 fully saturated rings. The van der Waals surface area contributed by atoms with Crippen molar-refractivity contribution in [3.8, 4) is 11.3 Å². The maximum atomic E-state index is 14.2. The lowest BCUT2D eigenvalue weighted by atomic mass is 9.69. The van der Waals surface area contributed by atoms with E-state index in [0.717, 1.165) is 16.8 Å². The highest BCUT2D eigenvalue weighted by Crippen LogP contribution is 2.42. The third kappa shape index (κ3) is 6.72. The zero-order valence-corrected chi connectivity index (χ0v) is 26.0. The second-order valence-electron chi connectivity index (χ2n) is 10.8. The molecule has 0 saturated carbocycles. The molecular weight excluding hydrogens is 588 g/mol. The van der Waals surface area contributed by atoms with Crippen LogP contribution in [0, 0.1) is 5.41 Å². The van der Waals surface area contributed by atoms with E-state index in [0.29, 0.717) is 13.0 Å². The van der Waals surface area contributed by atoms with Crippen LogP contribution < -0.4 is 16.2 Å². The SMILES string of the molecule is CCC(CCCS(=O)(=O)c1ccccc1)(CCC(=O)[C@@]1(C(=O)NC)NNCC[C@H]1c1ccccc1-c1cscn1)C(=O)O. The summed E-state index contributed by atoms with van der Waals surface area (Å²) in [6, 6.07) is 15.6. The van der Waals surface area contributed by atoms with Crippen molar-refractivity contribution in [2.75, 3.05) is 19.3 Å². The van der Waals surface area contributed by atoms with Crippen LogP contribution in [0.4, 0.5) is 0 Å². The summed E-state index contributed by atoms with van der Waals surface area (Å²) in [4.78, 5) is 45.1. The molecule has 1 aromatic heterocycles. The van der Waals surface area contributed by atoms with E-state index in [1.165, 1.54) is 30.5 Å².